The predicted molar refractivity (Wildman–Crippen MR) is 96.7 cm³/mol. The third kappa shape index (κ3) is 3.22. The molecule has 0 bridgehead atoms. The van der Waals surface area contributed by atoms with Gasteiger partial charge in [0.1, 0.15) is 0 Å². The number of thioether (sulfide) groups is 1. The molecule has 1 saturated heterocycles. The number of amides is 1. The van der Waals surface area contributed by atoms with E-state index in [0.29, 0.717) is 12.1 Å². The van der Waals surface area contributed by atoms with Crippen LogP contribution in [-0.4, -0.2) is 24.7 Å². The summed E-state index contributed by atoms with van der Waals surface area (Å²) in [6.45, 7) is 1.90. The van der Waals surface area contributed by atoms with Gasteiger partial charge in [0, 0.05) is 0 Å². The summed E-state index contributed by atoms with van der Waals surface area (Å²) in [6, 6.07) is 17.0. The van der Waals surface area contributed by atoms with E-state index in [9.17, 15) is 13.2 Å². The highest BCUT2D eigenvalue weighted by molar-refractivity contribution is 8.16. The zero-order valence-corrected chi connectivity index (χ0v) is 14.6. The van der Waals surface area contributed by atoms with Gasteiger partial charge in [0.2, 0.25) is 5.91 Å². The monoisotopic (exact) mass is 360 g/mol. The van der Waals surface area contributed by atoms with Gasteiger partial charge < -0.3 is 0 Å². The predicted octanol–water partition coefficient (Wildman–Crippen LogP) is 3.29. The Kier molecular flexibility index (Phi) is 4.73. The maximum Gasteiger partial charge on any atom is 0.284 e. The summed E-state index contributed by atoms with van der Waals surface area (Å²) in [5.41, 5.74) is 0.618. The van der Waals surface area contributed by atoms with Crippen LogP contribution in [0.5, 0.6) is 0 Å². The SMILES string of the molecule is CCC1SC(=NS(=O)(=O)c2ccccc2)N(c2ccccc2)C1=O. The van der Waals surface area contributed by atoms with Crippen LogP contribution < -0.4 is 4.90 Å². The van der Waals surface area contributed by atoms with Crippen molar-refractivity contribution in [1.82, 2.24) is 0 Å². The molecule has 1 unspecified atom stereocenters. The van der Waals surface area contributed by atoms with E-state index in [2.05, 4.69) is 4.40 Å². The Labute approximate surface area is 145 Å². The molecule has 0 aromatic heterocycles. The molecule has 1 fully saturated rings. The summed E-state index contributed by atoms with van der Waals surface area (Å²) in [4.78, 5) is 14.1. The van der Waals surface area contributed by atoms with Crippen LogP contribution in [0, 0.1) is 0 Å². The Morgan fingerprint density at radius 1 is 1.04 bits per heavy atom. The second kappa shape index (κ2) is 6.78. The number of para-hydroxylation sites is 1. The fourth-order valence-electron chi connectivity index (χ4n) is 2.35. The maximum absolute atomic E-state index is 12.6. The van der Waals surface area contributed by atoms with Crippen molar-refractivity contribution < 1.29 is 13.2 Å². The van der Waals surface area contributed by atoms with Crippen LogP contribution in [0.15, 0.2) is 70.0 Å². The van der Waals surface area contributed by atoms with E-state index in [1.54, 1.807) is 42.5 Å². The standard InChI is InChI=1S/C17H16N2O3S2/c1-2-15-16(20)19(13-9-5-3-6-10-13)17(23-15)18-24(21,22)14-11-7-4-8-12-14/h3-12,15H,2H2,1H3. The summed E-state index contributed by atoms with van der Waals surface area (Å²) in [5, 5.41) is -0.128. The number of anilines is 1. The van der Waals surface area contributed by atoms with Gasteiger partial charge in [0.05, 0.1) is 15.8 Å². The molecule has 0 spiro atoms. The van der Waals surface area contributed by atoms with Crippen LogP contribution in [0.25, 0.3) is 0 Å². The van der Waals surface area contributed by atoms with Crippen LogP contribution in [0.2, 0.25) is 0 Å². The third-order valence-corrected chi connectivity index (χ3v) is 6.26. The van der Waals surface area contributed by atoms with Crippen molar-refractivity contribution in [3.8, 4) is 0 Å². The number of amidine groups is 1. The van der Waals surface area contributed by atoms with Gasteiger partial charge in [-0.2, -0.15) is 8.42 Å². The average Bonchev–Trinajstić information content (AvgIpc) is 2.91. The van der Waals surface area contributed by atoms with Crippen molar-refractivity contribution in [3.63, 3.8) is 0 Å². The molecule has 1 heterocycles. The number of rotatable bonds is 4. The van der Waals surface area contributed by atoms with Crippen molar-refractivity contribution >= 4 is 38.5 Å². The Bertz CT molecular complexity index is 865. The van der Waals surface area contributed by atoms with E-state index in [4.69, 9.17) is 0 Å². The number of hydrogen-bond donors (Lipinski definition) is 0. The van der Waals surface area contributed by atoms with Gasteiger partial charge in [-0.05, 0) is 30.7 Å². The van der Waals surface area contributed by atoms with Gasteiger partial charge >= 0.3 is 0 Å². The number of sulfonamides is 1. The molecule has 3 rings (SSSR count). The van der Waals surface area contributed by atoms with Crippen LogP contribution in [0.4, 0.5) is 5.69 Å². The summed E-state index contributed by atoms with van der Waals surface area (Å²) >= 11 is 1.19. The summed E-state index contributed by atoms with van der Waals surface area (Å²) in [6.07, 6.45) is 0.608. The van der Waals surface area contributed by atoms with Gasteiger partial charge in [-0.15, -0.1) is 4.40 Å². The van der Waals surface area contributed by atoms with Crippen LogP contribution in [-0.2, 0) is 14.8 Å². The Morgan fingerprint density at radius 3 is 2.21 bits per heavy atom. The number of hydrogen-bond acceptors (Lipinski definition) is 4. The van der Waals surface area contributed by atoms with E-state index >= 15 is 0 Å². The van der Waals surface area contributed by atoms with E-state index in [1.807, 2.05) is 13.0 Å². The molecule has 2 aromatic rings. The minimum absolute atomic E-state index is 0.110. The van der Waals surface area contributed by atoms with Gasteiger partial charge in [0.15, 0.2) is 5.17 Å². The minimum Gasteiger partial charge on any atom is -0.273 e. The lowest BCUT2D eigenvalue weighted by Crippen LogP contribution is -2.32. The Morgan fingerprint density at radius 2 is 1.62 bits per heavy atom. The number of carbonyl (C=O) groups excluding carboxylic acids is 1. The molecule has 1 atom stereocenters. The van der Waals surface area contributed by atoms with Crippen molar-refractivity contribution in [3.05, 3.63) is 60.7 Å². The molecule has 0 aliphatic carbocycles. The number of benzene rings is 2. The molecule has 0 radical (unpaired) electrons. The summed E-state index contributed by atoms with van der Waals surface area (Å²) in [5.74, 6) is -0.143. The van der Waals surface area contributed by atoms with Crippen molar-refractivity contribution in [2.45, 2.75) is 23.5 Å². The largest absolute Gasteiger partial charge is 0.284 e. The first kappa shape index (κ1) is 16.7. The first-order valence-corrected chi connectivity index (χ1v) is 9.80. The zero-order valence-electron chi connectivity index (χ0n) is 13.0. The third-order valence-electron chi connectivity index (χ3n) is 3.56. The lowest BCUT2D eigenvalue weighted by atomic mass is 10.2. The summed E-state index contributed by atoms with van der Waals surface area (Å²) in [7, 11) is -3.87. The minimum atomic E-state index is -3.87. The highest BCUT2D eigenvalue weighted by Crippen LogP contribution is 2.34. The first-order chi connectivity index (χ1) is 11.5. The number of carbonyl (C=O) groups is 1. The Balaban J connectivity index is 2.06. The van der Waals surface area contributed by atoms with Crippen LogP contribution in [0.3, 0.4) is 0 Å². The molecule has 24 heavy (non-hydrogen) atoms. The summed E-state index contributed by atoms with van der Waals surface area (Å²) < 4.78 is 29.0. The van der Waals surface area contributed by atoms with Crippen molar-refractivity contribution in [2.75, 3.05) is 4.90 Å². The molecule has 1 amide bonds. The van der Waals surface area contributed by atoms with Crippen molar-refractivity contribution in [1.29, 1.82) is 0 Å². The quantitative estimate of drug-likeness (QED) is 0.839. The van der Waals surface area contributed by atoms with Gasteiger partial charge in [-0.25, -0.2) is 0 Å². The van der Waals surface area contributed by atoms with Gasteiger partial charge in [0.25, 0.3) is 10.0 Å². The smallest absolute Gasteiger partial charge is 0.273 e. The molecular formula is C17H16N2O3S2. The lowest BCUT2D eigenvalue weighted by Gasteiger charge is -2.16. The van der Waals surface area contributed by atoms with Crippen LogP contribution >= 0.6 is 11.8 Å². The highest BCUT2D eigenvalue weighted by atomic mass is 32.2. The fraction of sp³-hybridized carbons (Fsp3) is 0.176. The Hall–Kier alpha value is -2.12. The average molecular weight is 360 g/mol. The van der Waals surface area contributed by atoms with Crippen molar-refractivity contribution in [2.24, 2.45) is 4.40 Å². The van der Waals surface area contributed by atoms with E-state index in [0.717, 1.165) is 0 Å². The molecule has 2 aromatic carbocycles. The molecule has 7 heteroatoms. The molecule has 5 nitrogen and oxygen atoms in total. The topological polar surface area (TPSA) is 66.8 Å². The molecule has 0 N–H and O–H groups in total. The first-order valence-electron chi connectivity index (χ1n) is 7.48. The molecule has 0 saturated carbocycles. The lowest BCUT2D eigenvalue weighted by molar-refractivity contribution is -0.116. The molecule has 1 aliphatic rings. The van der Waals surface area contributed by atoms with Crippen LogP contribution in [0.1, 0.15) is 13.3 Å². The van der Waals surface area contributed by atoms with E-state index in [-0.39, 0.29) is 21.2 Å². The van der Waals surface area contributed by atoms with E-state index in [1.165, 1.54) is 28.8 Å². The molecule has 1 aliphatic heterocycles. The second-order valence-electron chi connectivity index (χ2n) is 5.19. The fourth-order valence-corrected chi connectivity index (χ4v) is 4.64. The molecule has 124 valence electrons. The van der Waals surface area contributed by atoms with Gasteiger partial charge in [-0.1, -0.05) is 55.1 Å². The molecular weight excluding hydrogens is 344 g/mol. The maximum atomic E-state index is 12.6. The van der Waals surface area contributed by atoms with E-state index < -0.39 is 10.0 Å². The second-order valence-corrected chi connectivity index (χ2v) is 7.96. The number of nitrogens with zero attached hydrogens (tertiary/aromatic N) is 2. The highest BCUT2D eigenvalue weighted by Gasteiger charge is 2.39. The van der Waals surface area contributed by atoms with Gasteiger partial charge in [-0.3, -0.25) is 9.69 Å². The normalized spacial score (nSPS) is 19.9. The zero-order chi connectivity index (χ0) is 17.2.